The van der Waals surface area contributed by atoms with Gasteiger partial charge in [-0.15, -0.1) is 0 Å². The molecule has 8 nitrogen and oxygen atoms in total. The first kappa shape index (κ1) is 36.5. The monoisotopic (exact) mass is 712 g/mol. The number of nitrogens with zero attached hydrogens (tertiary/aromatic N) is 1. The molecule has 0 saturated heterocycles. The molecule has 2 aromatic rings. The summed E-state index contributed by atoms with van der Waals surface area (Å²) >= 11 is 6.31. The van der Waals surface area contributed by atoms with Crippen molar-refractivity contribution in [2.45, 2.75) is 76.0 Å². The molecule has 264 valence electrons. The topological polar surface area (TPSA) is 94.2 Å². The molecule has 1 saturated carbocycles. The molecule has 2 aromatic carbocycles. The van der Waals surface area contributed by atoms with Crippen LogP contribution in [0.4, 0.5) is 18.9 Å². The molecule has 0 radical (unpaired) electrons. The zero-order valence-electron chi connectivity index (χ0n) is 27.3. The first-order chi connectivity index (χ1) is 22.8. The predicted molar refractivity (Wildman–Crippen MR) is 179 cm³/mol. The van der Waals surface area contributed by atoms with Crippen LogP contribution in [-0.2, 0) is 32.5 Å². The molecule has 1 aliphatic carbocycles. The van der Waals surface area contributed by atoms with Gasteiger partial charge in [0, 0.05) is 30.8 Å². The lowest BCUT2D eigenvalue weighted by Crippen LogP contribution is -2.45. The number of sulfonamides is 1. The first-order valence-electron chi connectivity index (χ1n) is 16.5. The van der Waals surface area contributed by atoms with Gasteiger partial charge in [0.15, 0.2) is 0 Å². The summed E-state index contributed by atoms with van der Waals surface area (Å²) in [5.41, 5.74) is 2.74. The standard InChI is InChI=1S/C35H44ClF3N2O6S/c1-23-6-5-8-31(46-17-16-45-2)29-13-10-26(29)21-41-15-4-3-7-24-18-28(36)12-9-27(24)22-47-32-14-11-25(19-30(32)41)34(42)40-48(43,44)33(23)20-35(37,38)39/h5,8-9,11-12,14,18-19,23,26,29,31,33H,3-4,6-7,10,13,15-17,20-22H2,1-2H3,(H,40,42)/b8-5+/t23-,26?,29-,31-,33+/m0/s1. The zero-order chi connectivity index (χ0) is 34.5. The van der Waals surface area contributed by atoms with Crippen LogP contribution in [-0.4, -0.2) is 65.3 Å². The van der Waals surface area contributed by atoms with Gasteiger partial charge in [0.1, 0.15) is 12.4 Å². The van der Waals surface area contributed by atoms with Crippen LogP contribution in [0.2, 0.25) is 5.02 Å². The van der Waals surface area contributed by atoms with Crippen molar-refractivity contribution in [3.63, 3.8) is 0 Å². The quantitative estimate of drug-likeness (QED) is 0.261. The van der Waals surface area contributed by atoms with Crippen molar-refractivity contribution in [2.75, 3.05) is 38.3 Å². The highest BCUT2D eigenvalue weighted by Crippen LogP contribution is 2.42. The molecule has 5 atom stereocenters. The molecule has 48 heavy (non-hydrogen) atoms. The smallest absolute Gasteiger partial charge is 0.390 e. The fourth-order valence-electron chi connectivity index (χ4n) is 6.89. The van der Waals surface area contributed by atoms with E-state index in [-0.39, 0.29) is 36.5 Å². The lowest BCUT2D eigenvalue weighted by atomic mass is 9.70. The Morgan fingerprint density at radius 1 is 1.08 bits per heavy atom. The molecule has 2 aliphatic heterocycles. The van der Waals surface area contributed by atoms with E-state index in [0.717, 1.165) is 43.2 Å². The van der Waals surface area contributed by atoms with E-state index in [2.05, 4.69) is 4.90 Å². The molecule has 2 bridgehead atoms. The predicted octanol–water partition coefficient (Wildman–Crippen LogP) is 7.10. The van der Waals surface area contributed by atoms with Crippen LogP contribution in [0, 0.1) is 17.8 Å². The van der Waals surface area contributed by atoms with Crippen molar-refractivity contribution in [1.29, 1.82) is 0 Å². The third-order valence-corrected chi connectivity index (χ3v) is 11.9. The fraction of sp³-hybridized carbons (Fsp3) is 0.571. The summed E-state index contributed by atoms with van der Waals surface area (Å²) in [5, 5.41) is -1.23. The second-order valence-corrected chi connectivity index (χ2v) is 15.4. The number of hydrogen-bond acceptors (Lipinski definition) is 7. The summed E-state index contributed by atoms with van der Waals surface area (Å²) < 4.78 is 87.8. The van der Waals surface area contributed by atoms with E-state index in [1.807, 2.05) is 29.0 Å². The average Bonchev–Trinajstić information content (AvgIpc) is 3.04. The van der Waals surface area contributed by atoms with Gasteiger partial charge >= 0.3 is 6.18 Å². The number of nitrogens with one attached hydrogen (secondary N) is 1. The van der Waals surface area contributed by atoms with Crippen molar-refractivity contribution in [2.24, 2.45) is 17.8 Å². The van der Waals surface area contributed by atoms with Crippen LogP contribution in [0.25, 0.3) is 0 Å². The highest BCUT2D eigenvalue weighted by Gasteiger charge is 2.42. The van der Waals surface area contributed by atoms with Crippen LogP contribution in [0.1, 0.15) is 66.9 Å². The van der Waals surface area contributed by atoms with Crippen molar-refractivity contribution in [3.05, 3.63) is 70.3 Å². The maximum absolute atomic E-state index is 13.7. The number of anilines is 1. The molecule has 0 spiro atoms. The summed E-state index contributed by atoms with van der Waals surface area (Å²) in [5.74, 6) is -1.03. The second kappa shape index (κ2) is 15.8. The maximum Gasteiger partial charge on any atom is 0.390 e. The first-order valence-corrected chi connectivity index (χ1v) is 18.5. The van der Waals surface area contributed by atoms with Gasteiger partial charge in [-0.05, 0) is 97.7 Å². The number of halogens is 4. The summed E-state index contributed by atoms with van der Waals surface area (Å²) in [7, 11) is -3.14. The summed E-state index contributed by atoms with van der Waals surface area (Å²) in [6, 6.07) is 10.4. The number of methoxy groups -OCH3 is 1. The summed E-state index contributed by atoms with van der Waals surface area (Å²) in [6.07, 6.45) is 1.38. The Morgan fingerprint density at radius 2 is 1.90 bits per heavy atom. The zero-order valence-corrected chi connectivity index (χ0v) is 28.9. The van der Waals surface area contributed by atoms with Gasteiger partial charge in [0.05, 0.1) is 36.7 Å². The van der Waals surface area contributed by atoms with Gasteiger partial charge in [0.25, 0.3) is 5.91 Å². The van der Waals surface area contributed by atoms with Crippen molar-refractivity contribution >= 4 is 33.2 Å². The molecule has 5 rings (SSSR count). The maximum atomic E-state index is 13.7. The molecule has 0 aromatic heterocycles. The number of allylic oxidation sites excluding steroid dienone is 1. The molecular formula is C35H44ClF3N2O6S. The van der Waals surface area contributed by atoms with Crippen molar-refractivity contribution in [3.8, 4) is 5.75 Å². The van der Waals surface area contributed by atoms with Gasteiger partial charge in [0.2, 0.25) is 10.0 Å². The highest BCUT2D eigenvalue weighted by atomic mass is 35.5. The van der Waals surface area contributed by atoms with Gasteiger partial charge in [-0.2, -0.15) is 13.2 Å². The van der Waals surface area contributed by atoms with Crippen molar-refractivity contribution in [1.82, 2.24) is 4.72 Å². The number of hydrogen-bond donors (Lipinski definition) is 1. The Hall–Kier alpha value is -2.80. The van der Waals surface area contributed by atoms with Crippen LogP contribution >= 0.6 is 11.6 Å². The molecule has 1 fully saturated rings. The average molecular weight is 713 g/mol. The van der Waals surface area contributed by atoms with E-state index < -0.39 is 39.7 Å². The molecular weight excluding hydrogens is 669 g/mol. The molecule has 3 aliphatic rings. The number of rotatable bonds is 5. The van der Waals surface area contributed by atoms with Crippen molar-refractivity contribution < 1.29 is 40.6 Å². The molecule has 2 heterocycles. The van der Waals surface area contributed by atoms with E-state index in [0.29, 0.717) is 42.8 Å². The molecule has 1 unspecified atom stereocenters. The number of carbonyl (C=O) groups excluding carboxylic acids is 1. The third-order valence-electron chi connectivity index (χ3n) is 9.72. The number of alkyl halides is 3. The second-order valence-electron chi connectivity index (χ2n) is 13.1. The Balaban J connectivity index is 1.56. The van der Waals surface area contributed by atoms with Gasteiger partial charge < -0.3 is 19.1 Å². The van der Waals surface area contributed by atoms with Gasteiger partial charge in [-0.3, -0.25) is 4.79 Å². The highest BCUT2D eigenvalue weighted by molar-refractivity contribution is 7.90. The molecule has 1 N–H and O–H groups in total. The number of aryl methyl sites for hydroxylation is 1. The molecule has 1 amide bonds. The van der Waals surface area contributed by atoms with E-state index >= 15 is 0 Å². The van der Waals surface area contributed by atoms with E-state index in [1.54, 1.807) is 25.3 Å². The summed E-state index contributed by atoms with van der Waals surface area (Å²) in [4.78, 5) is 15.7. The van der Waals surface area contributed by atoms with E-state index in [1.165, 1.54) is 13.0 Å². The third kappa shape index (κ3) is 9.25. The minimum atomic E-state index is -4.76. The largest absolute Gasteiger partial charge is 0.487 e. The lowest BCUT2D eigenvalue weighted by Gasteiger charge is -2.44. The molecule has 13 heteroatoms. The van der Waals surface area contributed by atoms with Crippen LogP contribution in [0.15, 0.2) is 48.6 Å². The Labute approximate surface area is 286 Å². The van der Waals surface area contributed by atoms with E-state index in [9.17, 15) is 26.4 Å². The number of carbonyl (C=O) groups is 1. The number of ether oxygens (including phenoxy) is 3. The number of fused-ring (bicyclic) bond motifs is 3. The number of benzene rings is 2. The fourth-order valence-corrected chi connectivity index (χ4v) is 8.75. The number of amides is 1. The van der Waals surface area contributed by atoms with Crippen LogP contribution < -0.4 is 14.4 Å². The van der Waals surface area contributed by atoms with Gasteiger partial charge in [-0.25, -0.2) is 13.1 Å². The normalized spacial score (nSPS) is 27.2. The SMILES string of the molecule is COCCO[C@H]1/C=C/C[C@H](C)[C@@H](CC(F)(F)F)S(=O)(=O)NC(=O)c2ccc3c(c2)N(CCCCc2cc(Cl)ccc2CO3)CC2CC[C@@H]21. The summed E-state index contributed by atoms with van der Waals surface area (Å²) in [6.45, 7) is 3.75. The Bertz CT molecular complexity index is 1570. The minimum absolute atomic E-state index is 0.0179. The minimum Gasteiger partial charge on any atom is -0.487 e. The Morgan fingerprint density at radius 3 is 2.62 bits per heavy atom. The van der Waals surface area contributed by atoms with E-state index in [4.69, 9.17) is 25.8 Å². The Kier molecular flexibility index (Phi) is 12.0. The lowest BCUT2D eigenvalue weighted by molar-refractivity contribution is -0.136. The van der Waals surface area contributed by atoms with Gasteiger partial charge in [-0.1, -0.05) is 36.7 Å². The van der Waals surface area contributed by atoms with Crippen LogP contribution in [0.3, 0.4) is 0 Å². The van der Waals surface area contributed by atoms with Crippen LogP contribution in [0.5, 0.6) is 5.75 Å².